The number of carbonyl (C=O) groups is 1. The van der Waals surface area contributed by atoms with Crippen molar-refractivity contribution in [1.29, 1.82) is 0 Å². The Morgan fingerprint density at radius 3 is 2.45 bits per heavy atom. The number of pyridine rings is 1. The average molecular weight is 429 g/mol. The van der Waals surface area contributed by atoms with Crippen LogP contribution in [0, 0.1) is 0 Å². The fourth-order valence-corrected chi connectivity index (χ4v) is 3.09. The lowest BCUT2D eigenvalue weighted by atomic mass is 10.0. The maximum atomic E-state index is 13.1. The normalized spacial score (nSPS) is 11.5. The smallest absolute Gasteiger partial charge is 0.305 e. The molecule has 0 saturated carbocycles. The molecule has 2 heterocycles. The van der Waals surface area contributed by atoms with Crippen LogP contribution in [0.4, 0.5) is 29.5 Å². The summed E-state index contributed by atoms with van der Waals surface area (Å²) < 4.78 is 39.4. The highest BCUT2D eigenvalue weighted by atomic mass is 19.4. The first-order chi connectivity index (χ1) is 14.7. The Labute approximate surface area is 178 Å². The topological polar surface area (TPSA) is 71.0 Å². The summed E-state index contributed by atoms with van der Waals surface area (Å²) in [5, 5.41) is 2.72. The summed E-state index contributed by atoms with van der Waals surface area (Å²) in [6, 6.07) is 8.01. The average Bonchev–Trinajstić information content (AvgIpc) is 2.74. The van der Waals surface area contributed by atoms with E-state index in [9.17, 15) is 18.0 Å². The number of aromatic nitrogens is 3. The van der Waals surface area contributed by atoms with Crippen molar-refractivity contribution < 1.29 is 18.0 Å². The molecule has 3 aromatic rings. The van der Waals surface area contributed by atoms with Crippen molar-refractivity contribution in [2.75, 3.05) is 16.8 Å². The molecule has 2 aromatic heterocycles. The molecule has 0 radical (unpaired) electrons. The van der Waals surface area contributed by atoms with Crippen LogP contribution >= 0.6 is 0 Å². The number of amides is 2. The lowest BCUT2D eigenvalue weighted by Gasteiger charge is -2.25. The molecule has 1 N–H and O–H groups in total. The first kappa shape index (κ1) is 22.2. The molecule has 6 nitrogen and oxygen atoms in total. The molecule has 31 heavy (non-hydrogen) atoms. The minimum Gasteiger partial charge on any atom is -0.305 e. The van der Waals surface area contributed by atoms with Crippen LogP contribution in [0.1, 0.15) is 37.8 Å². The number of benzene rings is 1. The molecule has 0 unspecified atom stereocenters. The minimum absolute atomic E-state index is 0.0416. The highest BCUT2D eigenvalue weighted by Crippen LogP contribution is 2.34. The van der Waals surface area contributed by atoms with Crippen molar-refractivity contribution in [3.05, 3.63) is 66.2 Å². The van der Waals surface area contributed by atoms with Gasteiger partial charge in [0.1, 0.15) is 12.1 Å². The lowest BCUT2D eigenvalue weighted by Crippen LogP contribution is -2.36. The first-order valence-electron chi connectivity index (χ1n) is 9.72. The molecule has 3 rings (SSSR count). The maximum absolute atomic E-state index is 13.1. The molecule has 0 fully saturated rings. The van der Waals surface area contributed by atoms with E-state index < -0.39 is 17.8 Å². The number of urea groups is 1. The van der Waals surface area contributed by atoms with Crippen molar-refractivity contribution >= 4 is 17.5 Å². The maximum Gasteiger partial charge on any atom is 0.416 e. The molecule has 1 aromatic carbocycles. The number of rotatable bonds is 5. The van der Waals surface area contributed by atoms with Gasteiger partial charge in [-0.15, -0.1) is 0 Å². The summed E-state index contributed by atoms with van der Waals surface area (Å²) >= 11 is 0. The van der Waals surface area contributed by atoms with Gasteiger partial charge in [0, 0.05) is 12.1 Å². The van der Waals surface area contributed by atoms with Crippen molar-refractivity contribution in [2.45, 2.75) is 32.9 Å². The summed E-state index contributed by atoms with van der Waals surface area (Å²) in [5.74, 6) is 0.432. The molecule has 2 amide bonds. The van der Waals surface area contributed by atoms with Gasteiger partial charge in [0.2, 0.25) is 0 Å². The number of carbonyl (C=O) groups excluding carboxylic acids is 1. The Hall–Kier alpha value is -3.49. The van der Waals surface area contributed by atoms with Crippen LogP contribution in [0.2, 0.25) is 0 Å². The second-order valence-corrected chi connectivity index (χ2v) is 7.14. The molecule has 9 heteroatoms. The summed E-state index contributed by atoms with van der Waals surface area (Å²) in [4.78, 5) is 26.7. The molecule has 0 saturated heterocycles. The van der Waals surface area contributed by atoms with Gasteiger partial charge in [-0.2, -0.15) is 13.2 Å². The van der Waals surface area contributed by atoms with E-state index in [4.69, 9.17) is 0 Å². The molecular formula is C22H22F3N5O. The van der Waals surface area contributed by atoms with Crippen molar-refractivity contribution in [1.82, 2.24) is 15.0 Å². The number of hydrogen-bond donors (Lipinski definition) is 1. The van der Waals surface area contributed by atoms with E-state index in [1.54, 1.807) is 25.1 Å². The standard InChI is InChI=1S/C22H22F3N5O/c1-4-30(21(31)28-17-11-26-13-27-12-17)20-18(14(2)3)8-9-19(29-20)15-6-5-7-16(10-15)22(23,24)25/h5-14H,4H2,1-3H3,(H,28,31). The minimum atomic E-state index is -4.45. The van der Waals surface area contributed by atoms with Gasteiger partial charge in [-0.1, -0.05) is 32.0 Å². The summed E-state index contributed by atoms with van der Waals surface area (Å²) in [6.07, 6.45) is -0.169. The first-order valence-corrected chi connectivity index (χ1v) is 9.72. The van der Waals surface area contributed by atoms with Gasteiger partial charge >= 0.3 is 12.2 Å². The predicted molar refractivity (Wildman–Crippen MR) is 113 cm³/mol. The fourth-order valence-electron chi connectivity index (χ4n) is 3.09. The zero-order valence-electron chi connectivity index (χ0n) is 17.3. The summed E-state index contributed by atoms with van der Waals surface area (Å²) in [6.45, 7) is 6.02. The zero-order valence-corrected chi connectivity index (χ0v) is 17.3. The van der Waals surface area contributed by atoms with E-state index in [1.807, 2.05) is 13.8 Å². The SMILES string of the molecule is CCN(C(=O)Nc1cncnc1)c1nc(-c2cccc(C(F)(F)F)c2)ccc1C(C)C. The fraction of sp³-hybridized carbons (Fsp3) is 0.273. The number of hydrogen-bond acceptors (Lipinski definition) is 4. The largest absolute Gasteiger partial charge is 0.416 e. The van der Waals surface area contributed by atoms with E-state index in [2.05, 4.69) is 20.3 Å². The molecule has 0 bridgehead atoms. The molecule has 0 aliphatic carbocycles. The summed E-state index contributed by atoms with van der Waals surface area (Å²) in [5.41, 5.74) is 1.14. The van der Waals surface area contributed by atoms with Gasteiger partial charge < -0.3 is 5.32 Å². The number of alkyl halides is 3. The quantitative estimate of drug-likeness (QED) is 0.562. The van der Waals surface area contributed by atoms with E-state index >= 15 is 0 Å². The van der Waals surface area contributed by atoms with Crippen LogP contribution in [-0.4, -0.2) is 27.5 Å². The van der Waals surface area contributed by atoms with Gasteiger partial charge in [0.05, 0.1) is 29.3 Å². The van der Waals surface area contributed by atoms with Crippen LogP contribution < -0.4 is 10.2 Å². The van der Waals surface area contributed by atoms with Crippen LogP contribution in [-0.2, 0) is 6.18 Å². The molecule has 162 valence electrons. The van der Waals surface area contributed by atoms with Crippen LogP contribution in [0.15, 0.2) is 55.1 Å². The number of halogens is 3. The van der Waals surface area contributed by atoms with Crippen molar-refractivity contribution in [3.8, 4) is 11.3 Å². The molecule has 0 atom stereocenters. The van der Waals surface area contributed by atoms with Crippen LogP contribution in [0.3, 0.4) is 0 Å². The van der Waals surface area contributed by atoms with Gasteiger partial charge in [-0.25, -0.2) is 19.7 Å². The molecule has 0 spiro atoms. The van der Waals surface area contributed by atoms with E-state index in [0.717, 1.165) is 17.7 Å². The Kier molecular flexibility index (Phi) is 6.53. The highest BCUT2D eigenvalue weighted by molar-refractivity contribution is 6.01. The van der Waals surface area contributed by atoms with Gasteiger partial charge in [0.15, 0.2) is 0 Å². The monoisotopic (exact) mass is 429 g/mol. The Morgan fingerprint density at radius 2 is 1.84 bits per heavy atom. The van der Waals surface area contributed by atoms with E-state index in [1.165, 1.54) is 29.7 Å². The third-order valence-electron chi connectivity index (χ3n) is 4.64. The number of anilines is 2. The van der Waals surface area contributed by atoms with E-state index in [0.29, 0.717) is 29.3 Å². The Balaban J connectivity index is 2.03. The lowest BCUT2D eigenvalue weighted by molar-refractivity contribution is -0.137. The third kappa shape index (κ3) is 5.17. The highest BCUT2D eigenvalue weighted by Gasteiger charge is 2.30. The Bertz CT molecular complexity index is 1050. The van der Waals surface area contributed by atoms with Crippen molar-refractivity contribution in [2.24, 2.45) is 0 Å². The second-order valence-electron chi connectivity index (χ2n) is 7.14. The number of nitrogens with zero attached hydrogens (tertiary/aromatic N) is 4. The Morgan fingerprint density at radius 1 is 1.13 bits per heavy atom. The van der Waals surface area contributed by atoms with Crippen molar-refractivity contribution in [3.63, 3.8) is 0 Å². The van der Waals surface area contributed by atoms with E-state index in [-0.39, 0.29) is 5.92 Å². The molecular weight excluding hydrogens is 407 g/mol. The van der Waals surface area contributed by atoms with Crippen LogP contribution in [0.25, 0.3) is 11.3 Å². The zero-order chi connectivity index (χ0) is 22.6. The van der Waals surface area contributed by atoms with Crippen LogP contribution in [0.5, 0.6) is 0 Å². The van der Waals surface area contributed by atoms with Gasteiger partial charge in [-0.3, -0.25) is 4.90 Å². The van der Waals surface area contributed by atoms with Gasteiger partial charge in [-0.05, 0) is 36.6 Å². The molecule has 0 aliphatic heterocycles. The van der Waals surface area contributed by atoms with Gasteiger partial charge in [0.25, 0.3) is 0 Å². The second kappa shape index (κ2) is 9.11. The third-order valence-corrected chi connectivity index (χ3v) is 4.64. The summed E-state index contributed by atoms with van der Waals surface area (Å²) in [7, 11) is 0. The predicted octanol–water partition coefficient (Wildman–Crippen LogP) is 5.74. The molecule has 0 aliphatic rings. The number of nitrogens with one attached hydrogen (secondary N) is 1.